The maximum atomic E-state index is 13.2. The highest BCUT2D eigenvalue weighted by atomic mass is 19.1. The quantitative estimate of drug-likeness (QED) is 0.297. The van der Waals surface area contributed by atoms with Gasteiger partial charge in [0.2, 0.25) is 0 Å². The Morgan fingerprint density at radius 3 is 2.60 bits per heavy atom. The van der Waals surface area contributed by atoms with E-state index < -0.39 is 11.4 Å². The van der Waals surface area contributed by atoms with Gasteiger partial charge in [0, 0.05) is 11.6 Å². The number of esters is 1. The number of ether oxygens (including phenoxy) is 2. The number of hydrogen-bond donors (Lipinski definition) is 0. The van der Waals surface area contributed by atoms with Crippen molar-refractivity contribution in [2.24, 2.45) is 0 Å². The lowest BCUT2D eigenvalue weighted by molar-refractivity contribution is -0.139. The monoisotopic (exact) mass is 348 g/mol. The number of fused-ring (bicyclic) bond motifs is 1. The lowest BCUT2D eigenvalue weighted by atomic mass is 10.2. The highest BCUT2D eigenvalue weighted by Gasteiger charge is 2.08. The first kappa shape index (κ1) is 18.7. The molecular formula is C19H21FO5. The number of carbonyl (C=O) groups is 1. The van der Waals surface area contributed by atoms with Crippen LogP contribution in [-0.4, -0.2) is 19.2 Å². The van der Waals surface area contributed by atoms with E-state index in [9.17, 15) is 14.0 Å². The van der Waals surface area contributed by atoms with Crippen molar-refractivity contribution >= 4 is 16.9 Å². The van der Waals surface area contributed by atoms with Crippen molar-refractivity contribution in [2.45, 2.75) is 32.6 Å². The van der Waals surface area contributed by atoms with Gasteiger partial charge in [-0.2, -0.15) is 0 Å². The molecule has 0 unspecified atom stereocenters. The molecule has 25 heavy (non-hydrogen) atoms. The van der Waals surface area contributed by atoms with Crippen molar-refractivity contribution in [3.63, 3.8) is 0 Å². The van der Waals surface area contributed by atoms with Gasteiger partial charge >= 0.3 is 11.6 Å². The molecular weight excluding hydrogens is 327 g/mol. The van der Waals surface area contributed by atoms with Gasteiger partial charge in [0.25, 0.3) is 0 Å². The van der Waals surface area contributed by atoms with E-state index in [0.717, 1.165) is 31.7 Å². The van der Waals surface area contributed by atoms with E-state index in [4.69, 9.17) is 13.9 Å². The Bertz CT molecular complexity index is 809. The van der Waals surface area contributed by atoms with Crippen molar-refractivity contribution in [2.75, 3.05) is 13.2 Å². The molecule has 134 valence electrons. The highest BCUT2D eigenvalue weighted by molar-refractivity contribution is 5.86. The Hall–Kier alpha value is -2.63. The summed E-state index contributed by atoms with van der Waals surface area (Å²) in [6, 6.07) is 5.24. The van der Waals surface area contributed by atoms with Crippen molar-refractivity contribution in [3.05, 3.63) is 52.7 Å². The van der Waals surface area contributed by atoms with Gasteiger partial charge in [0.05, 0.1) is 24.7 Å². The summed E-state index contributed by atoms with van der Waals surface area (Å²) in [6.45, 7) is 5.94. The predicted octanol–water partition coefficient (Wildman–Crippen LogP) is 3.99. The van der Waals surface area contributed by atoms with Crippen LogP contribution in [0, 0.1) is 5.82 Å². The molecule has 0 bridgehead atoms. The molecule has 0 saturated carbocycles. The van der Waals surface area contributed by atoms with Gasteiger partial charge in [-0.15, -0.1) is 0 Å². The Morgan fingerprint density at radius 2 is 1.88 bits per heavy atom. The number of unbranched alkanes of at least 4 members (excludes halogenated alkanes) is 3. The van der Waals surface area contributed by atoms with Crippen molar-refractivity contribution < 1.29 is 23.1 Å². The molecule has 0 atom stereocenters. The van der Waals surface area contributed by atoms with Crippen LogP contribution in [0.25, 0.3) is 11.0 Å². The first-order chi connectivity index (χ1) is 12.0. The average Bonchev–Trinajstić information content (AvgIpc) is 2.56. The Kier molecular flexibility index (Phi) is 6.74. The third-order valence-corrected chi connectivity index (χ3v) is 3.55. The Labute approximate surface area is 145 Å². The van der Waals surface area contributed by atoms with E-state index >= 15 is 0 Å². The minimum absolute atomic E-state index is 0.168. The van der Waals surface area contributed by atoms with E-state index in [2.05, 4.69) is 6.58 Å². The second-order valence-corrected chi connectivity index (χ2v) is 5.75. The minimum Gasteiger partial charge on any atom is -0.493 e. The summed E-state index contributed by atoms with van der Waals surface area (Å²) in [7, 11) is 0. The topological polar surface area (TPSA) is 65.7 Å². The first-order valence-corrected chi connectivity index (χ1v) is 8.16. The number of carbonyl (C=O) groups excluding carboxylic acids is 1. The Morgan fingerprint density at radius 1 is 1.16 bits per heavy atom. The van der Waals surface area contributed by atoms with Crippen LogP contribution in [0.3, 0.4) is 0 Å². The summed E-state index contributed by atoms with van der Waals surface area (Å²) >= 11 is 0. The molecule has 0 radical (unpaired) electrons. The zero-order valence-electron chi connectivity index (χ0n) is 14.2. The van der Waals surface area contributed by atoms with E-state index in [1.54, 1.807) is 6.92 Å². The van der Waals surface area contributed by atoms with Crippen molar-refractivity contribution in [3.8, 4) is 5.75 Å². The lowest BCUT2D eigenvalue weighted by Crippen LogP contribution is -2.06. The number of benzene rings is 1. The summed E-state index contributed by atoms with van der Waals surface area (Å²) < 4.78 is 28.8. The highest BCUT2D eigenvalue weighted by Crippen LogP contribution is 2.24. The minimum atomic E-state index is -0.576. The van der Waals surface area contributed by atoms with Crippen LogP contribution in [0.5, 0.6) is 5.75 Å². The van der Waals surface area contributed by atoms with Gasteiger partial charge in [-0.1, -0.05) is 6.58 Å². The maximum Gasteiger partial charge on any atom is 0.339 e. The van der Waals surface area contributed by atoms with Crippen LogP contribution in [0.2, 0.25) is 0 Å². The van der Waals surface area contributed by atoms with Gasteiger partial charge in [-0.3, -0.25) is 0 Å². The summed E-state index contributed by atoms with van der Waals surface area (Å²) in [6.07, 6.45) is 3.36. The van der Waals surface area contributed by atoms with Gasteiger partial charge in [-0.25, -0.2) is 14.0 Å². The molecule has 0 aliphatic rings. The van der Waals surface area contributed by atoms with Gasteiger partial charge in [0.1, 0.15) is 17.1 Å². The maximum absolute atomic E-state index is 13.2. The molecule has 0 aliphatic heterocycles. The van der Waals surface area contributed by atoms with Crippen LogP contribution < -0.4 is 10.4 Å². The third-order valence-electron chi connectivity index (χ3n) is 3.55. The average molecular weight is 348 g/mol. The van der Waals surface area contributed by atoms with Gasteiger partial charge in [-0.05, 0) is 44.7 Å². The predicted molar refractivity (Wildman–Crippen MR) is 92.2 cm³/mol. The molecule has 0 spiro atoms. The number of hydrogen-bond acceptors (Lipinski definition) is 5. The van der Waals surface area contributed by atoms with Crippen LogP contribution >= 0.6 is 0 Å². The van der Waals surface area contributed by atoms with Crippen molar-refractivity contribution in [1.29, 1.82) is 0 Å². The Balaban J connectivity index is 1.74. The molecule has 5 nitrogen and oxygen atoms in total. The molecule has 0 saturated heterocycles. The second kappa shape index (κ2) is 9.01. The SMILES string of the molecule is C=C(C)C(=O)OCCCCCCOc1cc(=O)oc2cc(F)ccc12. The van der Waals surface area contributed by atoms with E-state index in [1.807, 2.05) is 0 Å². The van der Waals surface area contributed by atoms with Crippen LogP contribution in [0.4, 0.5) is 4.39 Å². The smallest absolute Gasteiger partial charge is 0.339 e. The third kappa shape index (κ3) is 5.74. The summed E-state index contributed by atoms with van der Waals surface area (Å²) in [5, 5.41) is 0.563. The second-order valence-electron chi connectivity index (χ2n) is 5.75. The molecule has 1 aromatic carbocycles. The number of rotatable bonds is 9. The molecule has 2 rings (SSSR count). The van der Waals surface area contributed by atoms with Crippen LogP contribution in [0.15, 0.2) is 45.6 Å². The fourth-order valence-electron chi connectivity index (χ4n) is 2.25. The van der Waals surface area contributed by atoms with Gasteiger partial charge in [0.15, 0.2) is 0 Å². The molecule has 6 heteroatoms. The lowest BCUT2D eigenvalue weighted by Gasteiger charge is -2.08. The zero-order valence-corrected chi connectivity index (χ0v) is 14.2. The van der Waals surface area contributed by atoms with E-state index in [1.165, 1.54) is 18.2 Å². The molecule has 0 fully saturated rings. The van der Waals surface area contributed by atoms with Crippen molar-refractivity contribution in [1.82, 2.24) is 0 Å². The molecule has 0 aliphatic carbocycles. The summed E-state index contributed by atoms with van der Waals surface area (Å²) in [5.74, 6) is -0.448. The number of halogens is 1. The molecule has 0 N–H and O–H groups in total. The molecule has 2 aromatic rings. The zero-order chi connectivity index (χ0) is 18.2. The molecule has 1 aromatic heterocycles. The summed E-state index contributed by atoms with van der Waals surface area (Å²) in [4.78, 5) is 22.7. The van der Waals surface area contributed by atoms with E-state index in [0.29, 0.717) is 29.9 Å². The fourth-order valence-corrected chi connectivity index (χ4v) is 2.25. The largest absolute Gasteiger partial charge is 0.493 e. The summed E-state index contributed by atoms with van der Waals surface area (Å²) in [5.41, 5.74) is -0.0119. The van der Waals surface area contributed by atoms with Crippen LogP contribution in [0.1, 0.15) is 32.6 Å². The van der Waals surface area contributed by atoms with Crippen LogP contribution in [-0.2, 0) is 9.53 Å². The normalized spacial score (nSPS) is 10.6. The molecule has 1 heterocycles. The molecule has 0 amide bonds. The fraction of sp³-hybridized carbons (Fsp3) is 0.368. The van der Waals surface area contributed by atoms with E-state index in [-0.39, 0.29) is 11.6 Å². The van der Waals surface area contributed by atoms with Gasteiger partial charge < -0.3 is 13.9 Å². The standard InChI is InChI=1S/C19H21FO5/c1-13(2)19(22)24-10-6-4-3-5-9-23-16-12-18(21)25-17-11-14(20)7-8-15(16)17/h7-8,11-12H,1,3-6,9-10H2,2H3. The first-order valence-electron chi connectivity index (χ1n) is 8.16.